The number of aryl methyl sites for hydroxylation is 1. The van der Waals surface area contributed by atoms with Gasteiger partial charge < -0.3 is 9.47 Å². The first-order valence-electron chi connectivity index (χ1n) is 8.68. The van der Waals surface area contributed by atoms with Gasteiger partial charge in [0.2, 0.25) is 0 Å². The molecular weight excluding hydrogens is 378 g/mol. The van der Waals surface area contributed by atoms with Crippen LogP contribution in [0.4, 0.5) is 5.69 Å². The molecule has 0 saturated carbocycles. The smallest absolute Gasteiger partial charge is 0.281 e. The highest BCUT2D eigenvalue weighted by molar-refractivity contribution is 7.80. The van der Waals surface area contributed by atoms with Crippen molar-refractivity contribution in [2.75, 3.05) is 11.9 Å². The van der Waals surface area contributed by atoms with Gasteiger partial charge in [0, 0.05) is 41.3 Å². The maximum Gasteiger partial charge on any atom is 0.281 e. The van der Waals surface area contributed by atoms with Gasteiger partial charge in [0.25, 0.3) is 5.91 Å². The van der Waals surface area contributed by atoms with E-state index in [0.29, 0.717) is 21.5 Å². The summed E-state index contributed by atoms with van der Waals surface area (Å²) in [5, 5.41) is 2.18. The van der Waals surface area contributed by atoms with Gasteiger partial charge in [0.15, 0.2) is 5.11 Å². The zero-order valence-electron chi connectivity index (χ0n) is 15.0. The molecule has 3 aromatic rings. The molecule has 27 heavy (non-hydrogen) atoms. The molecule has 0 atom stereocenters. The van der Waals surface area contributed by atoms with E-state index in [1.807, 2.05) is 25.3 Å². The van der Waals surface area contributed by atoms with Crippen molar-refractivity contribution < 1.29 is 4.79 Å². The highest BCUT2D eigenvalue weighted by atomic mass is 35.5. The molecule has 1 aliphatic heterocycles. The minimum absolute atomic E-state index is 0.141. The molecule has 2 heterocycles. The molecule has 4 nitrogen and oxygen atoms in total. The maximum absolute atomic E-state index is 13.1. The molecule has 1 fully saturated rings. The lowest BCUT2D eigenvalue weighted by molar-refractivity contribution is -0.114. The van der Waals surface area contributed by atoms with Crippen molar-refractivity contribution in [1.82, 2.24) is 9.47 Å². The Bertz CT molecular complexity index is 1080. The number of amides is 1. The van der Waals surface area contributed by atoms with E-state index < -0.39 is 0 Å². The first-order valence-corrected chi connectivity index (χ1v) is 9.47. The summed E-state index contributed by atoms with van der Waals surface area (Å²) in [4.78, 5) is 16.4. The molecular formula is C21H18ClN3OS. The van der Waals surface area contributed by atoms with Crippen molar-refractivity contribution in [2.45, 2.75) is 13.5 Å². The number of aromatic nitrogens is 1. The third-order valence-electron chi connectivity index (χ3n) is 4.80. The van der Waals surface area contributed by atoms with Crippen molar-refractivity contribution in [3.63, 3.8) is 0 Å². The first kappa shape index (κ1) is 17.8. The Balaban J connectivity index is 1.79. The molecule has 1 aliphatic rings. The second-order valence-electron chi connectivity index (χ2n) is 6.38. The van der Waals surface area contributed by atoms with Crippen LogP contribution in [0.1, 0.15) is 12.5 Å². The summed E-state index contributed by atoms with van der Waals surface area (Å²) in [5.74, 6) is -0.141. The predicted octanol–water partition coefficient (Wildman–Crippen LogP) is 4.92. The second kappa shape index (κ2) is 6.83. The summed E-state index contributed by atoms with van der Waals surface area (Å²) < 4.78 is 2.18. The van der Waals surface area contributed by atoms with Crippen molar-refractivity contribution in [3.8, 4) is 0 Å². The van der Waals surface area contributed by atoms with Crippen LogP contribution in [0, 0.1) is 0 Å². The van der Waals surface area contributed by atoms with E-state index in [9.17, 15) is 4.79 Å². The number of carbonyl (C=O) groups is 1. The van der Waals surface area contributed by atoms with Gasteiger partial charge in [-0.1, -0.05) is 29.8 Å². The van der Waals surface area contributed by atoms with Crippen molar-refractivity contribution in [2.24, 2.45) is 0 Å². The summed E-state index contributed by atoms with van der Waals surface area (Å²) in [6.07, 6.45) is 3.99. The van der Waals surface area contributed by atoms with Gasteiger partial charge in [-0.2, -0.15) is 0 Å². The Labute approximate surface area is 168 Å². The third-order valence-corrected chi connectivity index (χ3v) is 5.51. The molecule has 2 aromatic carbocycles. The Kier molecular flexibility index (Phi) is 4.50. The monoisotopic (exact) mass is 395 g/mol. The van der Waals surface area contributed by atoms with Crippen LogP contribution in [-0.4, -0.2) is 27.5 Å². The summed E-state index contributed by atoms with van der Waals surface area (Å²) in [6.45, 7) is 2.97. The van der Waals surface area contributed by atoms with E-state index in [1.54, 1.807) is 29.2 Å². The Hall–Kier alpha value is -2.63. The number of anilines is 1. The fraction of sp³-hybridized carbons (Fsp3) is 0.143. The van der Waals surface area contributed by atoms with Crippen LogP contribution in [-0.2, 0) is 11.3 Å². The Morgan fingerprint density at radius 1 is 1.11 bits per heavy atom. The molecule has 1 saturated heterocycles. The van der Waals surface area contributed by atoms with Gasteiger partial charge in [-0.25, -0.2) is 0 Å². The van der Waals surface area contributed by atoms with Gasteiger partial charge in [-0.3, -0.25) is 9.69 Å². The summed E-state index contributed by atoms with van der Waals surface area (Å²) in [7, 11) is 1.82. The van der Waals surface area contributed by atoms with Crippen LogP contribution in [0.5, 0.6) is 0 Å². The summed E-state index contributed by atoms with van der Waals surface area (Å²) >= 11 is 11.5. The lowest BCUT2D eigenvalue weighted by Gasteiger charge is -2.16. The number of hydrogen-bond donors (Lipinski definition) is 0. The van der Waals surface area contributed by atoms with Crippen molar-refractivity contribution >= 4 is 57.5 Å². The average Bonchev–Trinajstić information content (AvgIpc) is 3.14. The molecule has 1 amide bonds. The Morgan fingerprint density at radius 2 is 1.81 bits per heavy atom. The number of benzene rings is 2. The van der Waals surface area contributed by atoms with E-state index in [0.717, 1.165) is 23.0 Å². The number of nitrogens with zero attached hydrogens (tertiary/aromatic N) is 3. The highest BCUT2D eigenvalue weighted by Crippen LogP contribution is 2.30. The standard InChI is InChI=1S/C21H18ClN3OS/c1-3-24-13-14(17-6-4-5-7-18(17)24)12-19-20(26)25(21(27)23(19)2)16-10-8-15(22)9-11-16/h4-13H,3H2,1-2H3/b19-12-. The molecule has 136 valence electrons. The van der Waals surface area contributed by atoms with Crippen molar-refractivity contribution in [3.05, 3.63) is 71.0 Å². The molecule has 6 heteroatoms. The topological polar surface area (TPSA) is 28.5 Å². The van der Waals surface area contributed by atoms with Crippen LogP contribution in [0.15, 0.2) is 60.4 Å². The number of carbonyl (C=O) groups excluding carboxylic acids is 1. The molecule has 0 aliphatic carbocycles. The molecule has 0 unspecified atom stereocenters. The molecule has 0 N–H and O–H groups in total. The largest absolute Gasteiger partial charge is 0.347 e. The minimum Gasteiger partial charge on any atom is -0.347 e. The van der Waals surface area contributed by atoms with Crippen LogP contribution in [0.3, 0.4) is 0 Å². The predicted molar refractivity (Wildman–Crippen MR) is 115 cm³/mol. The molecule has 4 rings (SSSR count). The molecule has 0 bridgehead atoms. The van der Waals surface area contributed by atoms with Crippen LogP contribution >= 0.6 is 23.8 Å². The zero-order valence-corrected chi connectivity index (χ0v) is 16.6. The number of halogens is 1. The number of para-hydroxylation sites is 1. The summed E-state index contributed by atoms with van der Waals surface area (Å²) in [5.41, 5.74) is 3.41. The molecule has 0 radical (unpaired) electrons. The third kappa shape index (κ3) is 2.93. The number of rotatable bonds is 3. The van der Waals surface area contributed by atoms with E-state index in [2.05, 4.69) is 29.8 Å². The Morgan fingerprint density at radius 3 is 2.52 bits per heavy atom. The first-order chi connectivity index (χ1) is 13.0. The zero-order chi connectivity index (χ0) is 19.1. The highest BCUT2D eigenvalue weighted by Gasteiger charge is 2.36. The summed E-state index contributed by atoms with van der Waals surface area (Å²) in [6, 6.07) is 15.3. The quantitative estimate of drug-likeness (QED) is 0.465. The van der Waals surface area contributed by atoms with Gasteiger partial charge in [0.05, 0.1) is 5.69 Å². The number of hydrogen-bond acceptors (Lipinski definition) is 2. The molecule has 0 spiro atoms. The second-order valence-corrected chi connectivity index (χ2v) is 7.18. The van der Waals surface area contributed by atoms with Gasteiger partial charge in [-0.05, 0) is 55.5 Å². The maximum atomic E-state index is 13.1. The van der Waals surface area contributed by atoms with Gasteiger partial charge in [0.1, 0.15) is 5.70 Å². The lowest BCUT2D eigenvalue weighted by Crippen LogP contribution is -2.31. The molecule has 1 aromatic heterocycles. The van der Waals surface area contributed by atoms with Gasteiger partial charge in [-0.15, -0.1) is 0 Å². The van der Waals surface area contributed by atoms with Crippen LogP contribution in [0.2, 0.25) is 5.02 Å². The normalized spacial score (nSPS) is 16.2. The number of likely N-dealkylation sites (N-methyl/N-ethyl adjacent to an activating group) is 1. The number of fused-ring (bicyclic) bond motifs is 1. The van der Waals surface area contributed by atoms with Crippen LogP contribution in [0.25, 0.3) is 17.0 Å². The van der Waals surface area contributed by atoms with E-state index >= 15 is 0 Å². The lowest BCUT2D eigenvalue weighted by atomic mass is 10.1. The van der Waals surface area contributed by atoms with E-state index in [4.69, 9.17) is 23.8 Å². The fourth-order valence-corrected chi connectivity index (χ4v) is 3.79. The minimum atomic E-state index is -0.141. The van der Waals surface area contributed by atoms with E-state index in [-0.39, 0.29) is 5.91 Å². The number of thiocarbonyl (C=S) groups is 1. The average molecular weight is 396 g/mol. The van der Waals surface area contributed by atoms with Crippen molar-refractivity contribution in [1.29, 1.82) is 0 Å². The fourth-order valence-electron chi connectivity index (χ4n) is 3.37. The van der Waals surface area contributed by atoms with Gasteiger partial charge >= 0.3 is 0 Å². The van der Waals surface area contributed by atoms with Crippen LogP contribution < -0.4 is 4.90 Å². The van der Waals surface area contributed by atoms with E-state index in [1.165, 1.54) is 4.90 Å². The SMILES string of the molecule is CCn1cc(/C=C2/C(=O)N(c3ccc(Cl)cc3)C(=S)N2C)c2ccccc21.